The fourth-order valence-electron chi connectivity index (χ4n) is 3.32. The topological polar surface area (TPSA) is 64.7 Å². The number of fused-ring (bicyclic) bond motifs is 1. The molecule has 0 unspecified atom stereocenters. The first-order valence-corrected chi connectivity index (χ1v) is 8.48. The lowest BCUT2D eigenvalue weighted by Crippen LogP contribution is -2.34. The third-order valence-electron chi connectivity index (χ3n) is 4.75. The summed E-state index contributed by atoms with van der Waals surface area (Å²) in [6.45, 7) is 3.60. The Morgan fingerprint density at radius 3 is 2.71 bits per heavy atom. The van der Waals surface area contributed by atoms with Crippen LogP contribution in [-0.2, 0) is 19.6 Å². The lowest BCUT2D eigenvalue weighted by atomic mass is 10.3. The van der Waals surface area contributed by atoms with Crippen molar-refractivity contribution in [2.24, 2.45) is 0 Å². The molecule has 0 amide bonds. The summed E-state index contributed by atoms with van der Waals surface area (Å²) in [6, 6.07) is 10.1. The Bertz CT molecular complexity index is 847. The van der Waals surface area contributed by atoms with Crippen LogP contribution in [0.2, 0.25) is 0 Å². The predicted octanol–water partition coefficient (Wildman–Crippen LogP) is 1.75. The zero-order valence-electron chi connectivity index (χ0n) is 13.4. The summed E-state index contributed by atoms with van der Waals surface area (Å²) in [4.78, 5) is 2.36. The SMILES string of the molecule is c1ccc(-n2cc(CN3CCn4c(nnc4C4CC4)C3)nn2)cc1. The fraction of sp³-hybridized carbons (Fsp3) is 0.412. The van der Waals surface area contributed by atoms with Gasteiger partial charge in [0.15, 0.2) is 0 Å². The van der Waals surface area contributed by atoms with Crippen LogP contribution in [0.3, 0.4) is 0 Å². The maximum atomic E-state index is 4.40. The van der Waals surface area contributed by atoms with E-state index in [2.05, 4.69) is 30.0 Å². The second kappa shape index (κ2) is 5.52. The lowest BCUT2D eigenvalue weighted by Gasteiger charge is -2.26. The van der Waals surface area contributed by atoms with Gasteiger partial charge in [0.25, 0.3) is 0 Å². The second-order valence-corrected chi connectivity index (χ2v) is 6.60. The van der Waals surface area contributed by atoms with E-state index in [-0.39, 0.29) is 0 Å². The summed E-state index contributed by atoms with van der Waals surface area (Å²) in [5.41, 5.74) is 2.01. The van der Waals surface area contributed by atoms with Gasteiger partial charge in [-0.25, -0.2) is 4.68 Å². The highest BCUT2D eigenvalue weighted by atomic mass is 15.4. The zero-order valence-corrected chi connectivity index (χ0v) is 13.4. The Morgan fingerprint density at radius 2 is 1.88 bits per heavy atom. The van der Waals surface area contributed by atoms with Crippen molar-refractivity contribution in [1.29, 1.82) is 0 Å². The molecule has 7 heteroatoms. The molecule has 0 radical (unpaired) electrons. The van der Waals surface area contributed by atoms with Crippen LogP contribution >= 0.6 is 0 Å². The quantitative estimate of drug-likeness (QED) is 0.732. The van der Waals surface area contributed by atoms with Crippen LogP contribution in [0.4, 0.5) is 0 Å². The van der Waals surface area contributed by atoms with Gasteiger partial charge in [0.05, 0.1) is 24.1 Å². The van der Waals surface area contributed by atoms with Gasteiger partial charge in [-0.3, -0.25) is 4.90 Å². The highest BCUT2D eigenvalue weighted by molar-refractivity contribution is 5.29. The van der Waals surface area contributed by atoms with Gasteiger partial charge in [0.1, 0.15) is 11.6 Å². The number of aromatic nitrogens is 6. The Balaban J connectivity index is 1.30. The van der Waals surface area contributed by atoms with E-state index in [9.17, 15) is 0 Å². The van der Waals surface area contributed by atoms with Gasteiger partial charge >= 0.3 is 0 Å². The van der Waals surface area contributed by atoms with Crippen molar-refractivity contribution in [1.82, 2.24) is 34.7 Å². The number of nitrogens with zero attached hydrogens (tertiary/aromatic N) is 7. The molecule has 2 aromatic heterocycles. The molecule has 0 atom stereocenters. The van der Waals surface area contributed by atoms with Gasteiger partial charge in [0.2, 0.25) is 0 Å². The number of hydrogen-bond donors (Lipinski definition) is 0. The molecule has 0 spiro atoms. The first-order chi connectivity index (χ1) is 11.9. The minimum absolute atomic E-state index is 0.656. The van der Waals surface area contributed by atoms with E-state index in [0.717, 1.165) is 43.4 Å². The van der Waals surface area contributed by atoms with Crippen LogP contribution in [0.25, 0.3) is 5.69 Å². The van der Waals surface area contributed by atoms with E-state index in [4.69, 9.17) is 0 Å². The molecule has 1 fully saturated rings. The summed E-state index contributed by atoms with van der Waals surface area (Å²) in [6.07, 6.45) is 4.54. The molecule has 2 aliphatic rings. The van der Waals surface area contributed by atoms with E-state index in [1.807, 2.05) is 41.2 Å². The van der Waals surface area contributed by atoms with Gasteiger partial charge in [-0.05, 0) is 25.0 Å². The largest absolute Gasteiger partial charge is 0.312 e. The molecule has 0 N–H and O–H groups in total. The van der Waals surface area contributed by atoms with E-state index in [1.54, 1.807) is 0 Å². The molecule has 1 aliphatic carbocycles. The van der Waals surface area contributed by atoms with E-state index in [0.29, 0.717) is 5.92 Å². The van der Waals surface area contributed by atoms with Gasteiger partial charge in [-0.1, -0.05) is 23.4 Å². The maximum Gasteiger partial charge on any atom is 0.147 e. The molecule has 5 rings (SSSR count). The Hall–Kier alpha value is -2.54. The highest BCUT2D eigenvalue weighted by Crippen LogP contribution is 2.39. The molecule has 0 saturated heterocycles. The second-order valence-electron chi connectivity index (χ2n) is 6.60. The van der Waals surface area contributed by atoms with Crippen LogP contribution in [-0.4, -0.2) is 41.2 Å². The molecular weight excluding hydrogens is 302 g/mol. The number of hydrogen-bond acceptors (Lipinski definition) is 5. The van der Waals surface area contributed by atoms with Crippen molar-refractivity contribution < 1.29 is 0 Å². The van der Waals surface area contributed by atoms with Crippen molar-refractivity contribution in [2.75, 3.05) is 6.54 Å². The summed E-state index contributed by atoms with van der Waals surface area (Å²) in [5, 5.41) is 17.3. The number of para-hydroxylation sites is 1. The summed E-state index contributed by atoms with van der Waals surface area (Å²) < 4.78 is 4.14. The zero-order chi connectivity index (χ0) is 15.9. The van der Waals surface area contributed by atoms with Crippen LogP contribution in [0.15, 0.2) is 36.5 Å². The summed E-state index contributed by atoms with van der Waals surface area (Å²) in [5.74, 6) is 2.93. The highest BCUT2D eigenvalue weighted by Gasteiger charge is 2.32. The van der Waals surface area contributed by atoms with Crippen molar-refractivity contribution in [3.8, 4) is 5.69 Å². The van der Waals surface area contributed by atoms with Crippen molar-refractivity contribution >= 4 is 0 Å². The minimum Gasteiger partial charge on any atom is -0.312 e. The Kier molecular flexibility index (Phi) is 3.19. The van der Waals surface area contributed by atoms with E-state index < -0.39 is 0 Å². The molecule has 24 heavy (non-hydrogen) atoms. The Labute approximate surface area is 139 Å². The maximum absolute atomic E-state index is 4.40. The summed E-state index contributed by atoms with van der Waals surface area (Å²) in [7, 11) is 0. The van der Waals surface area contributed by atoms with Crippen molar-refractivity contribution in [3.05, 3.63) is 53.9 Å². The van der Waals surface area contributed by atoms with Crippen LogP contribution < -0.4 is 0 Å². The molecule has 122 valence electrons. The average Bonchev–Trinajstić information content (AvgIpc) is 3.21. The molecule has 3 heterocycles. The molecule has 7 nitrogen and oxygen atoms in total. The summed E-state index contributed by atoms with van der Waals surface area (Å²) >= 11 is 0. The monoisotopic (exact) mass is 321 g/mol. The molecule has 1 saturated carbocycles. The molecule has 3 aromatic rings. The van der Waals surface area contributed by atoms with Crippen LogP contribution in [0.1, 0.15) is 36.1 Å². The molecule has 1 aliphatic heterocycles. The van der Waals surface area contributed by atoms with Gasteiger partial charge in [0, 0.05) is 25.6 Å². The first-order valence-electron chi connectivity index (χ1n) is 8.48. The number of rotatable bonds is 4. The average molecular weight is 321 g/mol. The number of benzene rings is 1. The predicted molar refractivity (Wildman–Crippen MR) is 87.5 cm³/mol. The smallest absolute Gasteiger partial charge is 0.147 e. The third-order valence-corrected chi connectivity index (χ3v) is 4.75. The van der Waals surface area contributed by atoms with Gasteiger partial charge < -0.3 is 4.57 Å². The standard InChI is InChI=1S/C17H19N7/c1-2-4-15(5-3-1)24-11-14(18-21-24)10-22-8-9-23-16(12-22)19-20-17(23)13-6-7-13/h1-5,11,13H,6-10,12H2. The lowest BCUT2D eigenvalue weighted by molar-refractivity contribution is 0.205. The van der Waals surface area contributed by atoms with Crippen molar-refractivity contribution in [2.45, 2.75) is 38.4 Å². The van der Waals surface area contributed by atoms with Crippen molar-refractivity contribution in [3.63, 3.8) is 0 Å². The van der Waals surface area contributed by atoms with Gasteiger partial charge in [-0.2, -0.15) is 0 Å². The molecule has 1 aromatic carbocycles. The third kappa shape index (κ3) is 2.50. The minimum atomic E-state index is 0.656. The fourth-order valence-corrected chi connectivity index (χ4v) is 3.32. The van der Waals surface area contributed by atoms with Crippen LogP contribution in [0, 0.1) is 0 Å². The Morgan fingerprint density at radius 1 is 1.00 bits per heavy atom. The molecular formula is C17H19N7. The van der Waals surface area contributed by atoms with Crippen LogP contribution in [0.5, 0.6) is 0 Å². The normalized spacial score (nSPS) is 17.8. The van der Waals surface area contributed by atoms with E-state index in [1.165, 1.54) is 18.7 Å². The molecule has 0 bridgehead atoms. The van der Waals surface area contributed by atoms with Gasteiger partial charge in [-0.15, -0.1) is 15.3 Å². The first kappa shape index (κ1) is 13.9. The van der Waals surface area contributed by atoms with E-state index >= 15 is 0 Å².